The number of aryl methyl sites for hydroxylation is 2. The molecule has 2 rings (SSSR count). The predicted octanol–water partition coefficient (Wildman–Crippen LogP) is 0.498. The molecule has 1 aromatic carbocycles. The maximum Gasteiger partial charge on any atom is 0.137 e. The van der Waals surface area contributed by atoms with Crippen LogP contribution in [0, 0.1) is 0 Å². The molecule has 3 N–H and O–H groups in total. The number of nitrogens with two attached hydrogens (primary N) is 1. The molecule has 0 saturated carbocycles. The van der Waals surface area contributed by atoms with Gasteiger partial charge in [-0.2, -0.15) is 0 Å². The first-order valence-electron chi connectivity index (χ1n) is 6.50. The van der Waals surface area contributed by atoms with E-state index in [4.69, 9.17) is 9.84 Å². The van der Waals surface area contributed by atoms with E-state index < -0.39 is 0 Å². The zero-order valence-electron chi connectivity index (χ0n) is 10.5. The van der Waals surface area contributed by atoms with Crippen molar-refractivity contribution in [3.63, 3.8) is 0 Å². The van der Waals surface area contributed by atoms with Crippen LogP contribution in [0.2, 0.25) is 0 Å². The van der Waals surface area contributed by atoms with Crippen LogP contribution in [0.25, 0.3) is 0 Å². The number of ether oxygens (including phenoxy) is 1. The third kappa shape index (κ3) is 3.72. The quantitative estimate of drug-likeness (QED) is 0.707. The molecule has 1 aliphatic carbocycles. The molecule has 0 amide bonds. The van der Waals surface area contributed by atoms with Gasteiger partial charge in [0.15, 0.2) is 0 Å². The number of aliphatic hydroxyl groups is 1. The number of hydrogen-bond donors (Lipinski definition) is 2. The van der Waals surface area contributed by atoms with Crippen LogP contribution >= 0.6 is 0 Å². The first-order valence-corrected chi connectivity index (χ1v) is 6.50. The van der Waals surface area contributed by atoms with Crippen LogP contribution in [0.3, 0.4) is 0 Å². The Morgan fingerprint density at radius 1 is 1.35 bits per heavy atom. The van der Waals surface area contributed by atoms with Crippen LogP contribution < -0.4 is 10.1 Å². The van der Waals surface area contributed by atoms with Crippen molar-refractivity contribution in [3.8, 4) is 5.75 Å². The number of fused-ring (bicyclic) bond motifs is 1. The van der Waals surface area contributed by atoms with Gasteiger partial charge in [0.1, 0.15) is 25.4 Å². The molecule has 17 heavy (non-hydrogen) atoms. The Labute approximate surface area is 103 Å². The lowest BCUT2D eigenvalue weighted by Crippen LogP contribution is -2.87. The van der Waals surface area contributed by atoms with Crippen LogP contribution in [0.5, 0.6) is 5.75 Å². The maximum absolute atomic E-state index is 9.10. The zero-order chi connectivity index (χ0) is 12.1. The lowest BCUT2D eigenvalue weighted by molar-refractivity contribution is -0.661. The van der Waals surface area contributed by atoms with E-state index in [0.29, 0.717) is 6.61 Å². The predicted molar refractivity (Wildman–Crippen MR) is 67.3 cm³/mol. The summed E-state index contributed by atoms with van der Waals surface area (Å²) in [7, 11) is 0. The largest absolute Gasteiger partial charge is 0.488 e. The standard InChI is InChI=1S/C14H21NO2/c1-11(16)10-15-7-8-17-14-6-5-12-3-2-4-13(12)9-14/h5-6,9,11,15-16H,2-4,7-8,10H2,1H3/p+1/t11-/m1/s1. The third-order valence-corrected chi connectivity index (χ3v) is 3.17. The van der Waals surface area contributed by atoms with Gasteiger partial charge in [-0.3, -0.25) is 0 Å². The Morgan fingerprint density at radius 3 is 3.00 bits per heavy atom. The van der Waals surface area contributed by atoms with Gasteiger partial charge in [-0.1, -0.05) is 6.07 Å². The molecule has 1 aliphatic rings. The molecule has 0 saturated heterocycles. The smallest absolute Gasteiger partial charge is 0.137 e. The molecule has 3 heteroatoms. The molecule has 0 spiro atoms. The number of hydrogen-bond acceptors (Lipinski definition) is 2. The minimum atomic E-state index is -0.241. The third-order valence-electron chi connectivity index (χ3n) is 3.17. The summed E-state index contributed by atoms with van der Waals surface area (Å²) in [6.45, 7) is 4.14. The van der Waals surface area contributed by atoms with Gasteiger partial charge in [-0.15, -0.1) is 0 Å². The van der Waals surface area contributed by atoms with Gasteiger partial charge >= 0.3 is 0 Å². The van der Waals surface area contributed by atoms with Gasteiger partial charge in [-0.25, -0.2) is 0 Å². The summed E-state index contributed by atoms with van der Waals surface area (Å²) in [4.78, 5) is 0. The summed E-state index contributed by atoms with van der Waals surface area (Å²) < 4.78 is 5.70. The Balaban J connectivity index is 1.72. The number of benzene rings is 1. The topological polar surface area (TPSA) is 46.1 Å². The van der Waals surface area contributed by atoms with E-state index in [1.165, 1.54) is 30.4 Å². The minimum Gasteiger partial charge on any atom is -0.488 e. The highest BCUT2D eigenvalue weighted by Gasteiger charge is 2.11. The van der Waals surface area contributed by atoms with Crippen molar-refractivity contribution in [1.29, 1.82) is 0 Å². The normalized spacial score (nSPS) is 15.6. The van der Waals surface area contributed by atoms with Gasteiger partial charge in [0, 0.05) is 0 Å². The van der Waals surface area contributed by atoms with Crippen LogP contribution in [-0.2, 0) is 12.8 Å². The number of quaternary nitrogens is 1. The molecule has 3 nitrogen and oxygen atoms in total. The molecule has 0 fully saturated rings. The molecule has 0 unspecified atom stereocenters. The summed E-state index contributed by atoms with van der Waals surface area (Å²) in [6, 6.07) is 6.44. The van der Waals surface area contributed by atoms with Gasteiger partial charge in [-0.05, 0) is 49.4 Å². The average Bonchev–Trinajstić information content (AvgIpc) is 2.75. The van der Waals surface area contributed by atoms with Gasteiger partial charge in [0.05, 0.1) is 6.10 Å². The van der Waals surface area contributed by atoms with Crippen LogP contribution in [0.15, 0.2) is 18.2 Å². The Hall–Kier alpha value is -1.06. The van der Waals surface area contributed by atoms with Gasteiger partial charge in [0.2, 0.25) is 0 Å². The number of aliphatic hydroxyl groups excluding tert-OH is 1. The highest BCUT2D eigenvalue weighted by molar-refractivity contribution is 5.38. The van der Waals surface area contributed by atoms with E-state index in [2.05, 4.69) is 23.5 Å². The first-order chi connectivity index (χ1) is 8.25. The lowest BCUT2D eigenvalue weighted by Gasteiger charge is -2.08. The second-order valence-electron chi connectivity index (χ2n) is 4.79. The van der Waals surface area contributed by atoms with Gasteiger partial charge < -0.3 is 15.2 Å². The van der Waals surface area contributed by atoms with Crippen molar-refractivity contribution in [1.82, 2.24) is 0 Å². The van der Waals surface area contributed by atoms with E-state index in [-0.39, 0.29) is 6.10 Å². The van der Waals surface area contributed by atoms with Crippen molar-refractivity contribution < 1.29 is 15.2 Å². The van der Waals surface area contributed by atoms with Crippen molar-refractivity contribution in [2.75, 3.05) is 19.7 Å². The summed E-state index contributed by atoms with van der Waals surface area (Å²) in [6.07, 6.45) is 3.45. The molecule has 0 bridgehead atoms. The summed E-state index contributed by atoms with van der Waals surface area (Å²) in [5.41, 5.74) is 2.94. The SMILES string of the molecule is C[C@@H](O)C[NH2+]CCOc1ccc2c(c1)CCC2. The van der Waals surface area contributed by atoms with Crippen molar-refractivity contribution in [3.05, 3.63) is 29.3 Å². The fraction of sp³-hybridized carbons (Fsp3) is 0.571. The maximum atomic E-state index is 9.10. The monoisotopic (exact) mass is 236 g/mol. The Kier molecular flexibility index (Phi) is 4.40. The highest BCUT2D eigenvalue weighted by atomic mass is 16.5. The summed E-state index contributed by atoms with van der Waals surface area (Å²) in [5.74, 6) is 0.982. The van der Waals surface area contributed by atoms with Crippen molar-refractivity contribution >= 4 is 0 Å². The first kappa shape index (κ1) is 12.4. The van der Waals surface area contributed by atoms with E-state index in [1.807, 2.05) is 0 Å². The van der Waals surface area contributed by atoms with E-state index in [0.717, 1.165) is 18.8 Å². The van der Waals surface area contributed by atoms with E-state index >= 15 is 0 Å². The fourth-order valence-corrected chi connectivity index (χ4v) is 2.26. The van der Waals surface area contributed by atoms with Crippen LogP contribution in [0.4, 0.5) is 0 Å². The molecule has 94 valence electrons. The molecule has 0 heterocycles. The van der Waals surface area contributed by atoms with Crippen molar-refractivity contribution in [2.45, 2.75) is 32.3 Å². The Bertz CT molecular complexity index is 363. The summed E-state index contributed by atoms with van der Waals surface area (Å²) in [5, 5.41) is 11.2. The summed E-state index contributed by atoms with van der Waals surface area (Å²) >= 11 is 0. The zero-order valence-corrected chi connectivity index (χ0v) is 10.5. The molecule has 1 atom stereocenters. The Morgan fingerprint density at radius 2 is 2.18 bits per heavy atom. The van der Waals surface area contributed by atoms with Gasteiger partial charge in [0.25, 0.3) is 0 Å². The van der Waals surface area contributed by atoms with Crippen molar-refractivity contribution in [2.24, 2.45) is 0 Å². The molecular weight excluding hydrogens is 214 g/mol. The van der Waals surface area contributed by atoms with Crippen LogP contribution in [0.1, 0.15) is 24.5 Å². The average molecular weight is 236 g/mol. The van der Waals surface area contributed by atoms with E-state index in [1.54, 1.807) is 6.92 Å². The lowest BCUT2D eigenvalue weighted by atomic mass is 10.1. The molecular formula is C14H22NO2+. The second-order valence-corrected chi connectivity index (χ2v) is 4.79. The van der Waals surface area contributed by atoms with Crippen LogP contribution in [-0.4, -0.2) is 30.9 Å². The molecule has 1 aromatic rings. The second kappa shape index (κ2) is 6.03. The number of rotatable bonds is 6. The fourth-order valence-electron chi connectivity index (χ4n) is 2.26. The molecule has 0 radical (unpaired) electrons. The minimum absolute atomic E-state index is 0.241. The molecule has 0 aliphatic heterocycles. The van der Waals surface area contributed by atoms with E-state index in [9.17, 15) is 0 Å². The molecule has 0 aromatic heterocycles. The highest BCUT2D eigenvalue weighted by Crippen LogP contribution is 2.25.